The van der Waals surface area contributed by atoms with Crippen LogP contribution in [0.15, 0.2) is 36.2 Å². The summed E-state index contributed by atoms with van der Waals surface area (Å²) < 4.78 is 7.71. The number of benzene rings is 1. The lowest BCUT2D eigenvalue weighted by molar-refractivity contribution is 0.103. The lowest BCUT2D eigenvalue weighted by Crippen LogP contribution is -2.21. The van der Waals surface area contributed by atoms with E-state index >= 15 is 0 Å². The zero-order valence-electron chi connectivity index (χ0n) is 14.1. The van der Waals surface area contributed by atoms with Gasteiger partial charge in [-0.3, -0.25) is 9.48 Å². The van der Waals surface area contributed by atoms with E-state index in [-0.39, 0.29) is 11.3 Å². The number of carbonyl (C=O) groups excluding carboxylic acids is 1. The molecule has 0 N–H and O–H groups in total. The van der Waals surface area contributed by atoms with Crippen molar-refractivity contribution in [2.75, 3.05) is 6.61 Å². The number of nitrogens with zero attached hydrogens (tertiary/aromatic N) is 2. The Morgan fingerprint density at radius 2 is 2.09 bits per heavy atom. The van der Waals surface area contributed by atoms with Gasteiger partial charge in [0.2, 0.25) is 0 Å². The molecular weight excluding hydrogens is 288 g/mol. The molecule has 1 aromatic heterocycles. The minimum atomic E-state index is -0.0724. The van der Waals surface area contributed by atoms with Gasteiger partial charge in [-0.25, -0.2) is 0 Å². The van der Waals surface area contributed by atoms with Crippen molar-refractivity contribution in [2.24, 2.45) is 0 Å². The predicted molar refractivity (Wildman–Crippen MR) is 90.8 cm³/mol. The van der Waals surface area contributed by atoms with Crippen LogP contribution >= 0.6 is 0 Å². The van der Waals surface area contributed by atoms with Gasteiger partial charge in [0.25, 0.3) is 0 Å². The number of aryl methyl sites for hydroxylation is 1. The summed E-state index contributed by atoms with van der Waals surface area (Å²) in [5, 5.41) is 4.39. The second-order valence-electron chi connectivity index (χ2n) is 6.94. The van der Waals surface area contributed by atoms with Crippen molar-refractivity contribution in [3.8, 4) is 5.75 Å². The van der Waals surface area contributed by atoms with E-state index in [0.717, 1.165) is 16.7 Å². The number of hydrogen-bond donors (Lipinski definition) is 0. The first-order valence-electron chi connectivity index (χ1n) is 7.89. The molecule has 0 atom stereocenters. The van der Waals surface area contributed by atoms with Gasteiger partial charge in [0, 0.05) is 23.8 Å². The number of hydrogen-bond acceptors (Lipinski definition) is 3. The molecule has 0 unspecified atom stereocenters. The van der Waals surface area contributed by atoms with Crippen LogP contribution in [-0.4, -0.2) is 22.2 Å². The van der Waals surface area contributed by atoms with Crippen molar-refractivity contribution in [3.05, 3.63) is 52.9 Å². The summed E-state index contributed by atoms with van der Waals surface area (Å²) in [4.78, 5) is 12.8. The maximum absolute atomic E-state index is 12.8. The third kappa shape index (κ3) is 3.07. The van der Waals surface area contributed by atoms with Crippen LogP contribution < -0.4 is 4.74 Å². The van der Waals surface area contributed by atoms with Crippen LogP contribution in [0.4, 0.5) is 0 Å². The van der Waals surface area contributed by atoms with Crippen LogP contribution in [0.3, 0.4) is 0 Å². The zero-order valence-corrected chi connectivity index (χ0v) is 14.1. The maximum atomic E-state index is 12.8. The SMILES string of the molecule is Cc1cccc2c1OCCC(=Cc1cnn(C(C)(C)C)c1)C2=O. The van der Waals surface area contributed by atoms with Gasteiger partial charge in [-0.1, -0.05) is 12.1 Å². The Morgan fingerprint density at radius 3 is 2.78 bits per heavy atom. The fourth-order valence-electron chi connectivity index (χ4n) is 2.69. The molecule has 1 aliphatic heterocycles. The Labute approximate surface area is 136 Å². The van der Waals surface area contributed by atoms with Crippen LogP contribution in [0.2, 0.25) is 0 Å². The Bertz CT molecular complexity index is 779. The van der Waals surface area contributed by atoms with Gasteiger partial charge in [0.1, 0.15) is 5.75 Å². The van der Waals surface area contributed by atoms with Gasteiger partial charge in [0.15, 0.2) is 5.78 Å². The summed E-state index contributed by atoms with van der Waals surface area (Å²) in [5.74, 6) is 0.760. The average Bonchev–Trinajstić information content (AvgIpc) is 2.89. The molecule has 0 radical (unpaired) electrons. The summed E-state index contributed by atoms with van der Waals surface area (Å²) >= 11 is 0. The summed E-state index contributed by atoms with van der Waals surface area (Å²) in [6.07, 6.45) is 6.31. The molecule has 1 aliphatic rings. The van der Waals surface area contributed by atoms with Crippen LogP contribution in [0.25, 0.3) is 6.08 Å². The minimum Gasteiger partial charge on any atom is -0.492 e. The molecule has 0 amide bonds. The van der Waals surface area contributed by atoms with Gasteiger partial charge in [-0.15, -0.1) is 0 Å². The molecule has 0 saturated heterocycles. The lowest BCUT2D eigenvalue weighted by Gasteiger charge is -2.18. The van der Waals surface area contributed by atoms with Crippen molar-refractivity contribution in [3.63, 3.8) is 0 Å². The standard InChI is InChI=1S/C19H22N2O2/c1-13-6-5-7-16-17(22)15(8-9-23-18(13)16)10-14-11-20-21(12-14)19(2,3)4/h5-7,10-12H,8-9H2,1-4H3. The van der Waals surface area contributed by atoms with Gasteiger partial charge in [-0.05, 0) is 45.4 Å². The zero-order chi connectivity index (χ0) is 16.6. The van der Waals surface area contributed by atoms with Crippen molar-refractivity contribution < 1.29 is 9.53 Å². The third-order valence-electron chi connectivity index (χ3n) is 4.00. The summed E-state index contributed by atoms with van der Waals surface area (Å²) in [6.45, 7) is 8.78. The molecule has 0 spiro atoms. The highest BCUT2D eigenvalue weighted by molar-refractivity contribution is 6.13. The number of fused-ring (bicyclic) bond motifs is 1. The van der Waals surface area contributed by atoms with E-state index in [1.165, 1.54) is 0 Å². The molecule has 2 aromatic rings. The number of aromatic nitrogens is 2. The molecule has 23 heavy (non-hydrogen) atoms. The third-order valence-corrected chi connectivity index (χ3v) is 4.00. The fraction of sp³-hybridized carbons (Fsp3) is 0.368. The monoisotopic (exact) mass is 310 g/mol. The Morgan fingerprint density at radius 1 is 1.30 bits per heavy atom. The lowest BCUT2D eigenvalue weighted by atomic mass is 9.98. The minimum absolute atomic E-state index is 0.0460. The second kappa shape index (κ2) is 5.69. The van der Waals surface area contributed by atoms with Crippen LogP contribution in [0.1, 0.15) is 48.7 Å². The molecule has 0 saturated carbocycles. The summed E-state index contributed by atoms with van der Waals surface area (Å²) in [6, 6.07) is 5.70. The first kappa shape index (κ1) is 15.5. The molecular formula is C19H22N2O2. The number of para-hydroxylation sites is 1. The van der Waals surface area contributed by atoms with Crippen LogP contribution in [-0.2, 0) is 5.54 Å². The van der Waals surface area contributed by atoms with E-state index in [2.05, 4.69) is 25.9 Å². The number of ether oxygens (including phenoxy) is 1. The summed E-state index contributed by atoms with van der Waals surface area (Å²) in [5.41, 5.74) is 3.29. The molecule has 2 heterocycles. The Balaban J connectivity index is 1.97. The van der Waals surface area contributed by atoms with Crippen molar-refractivity contribution >= 4 is 11.9 Å². The largest absolute Gasteiger partial charge is 0.492 e. The number of Topliss-reactive ketones (excluding diaryl/α,β-unsaturated/α-hetero) is 1. The van der Waals surface area contributed by atoms with Crippen molar-refractivity contribution in [1.82, 2.24) is 9.78 Å². The van der Waals surface area contributed by atoms with E-state index in [9.17, 15) is 4.79 Å². The van der Waals surface area contributed by atoms with E-state index < -0.39 is 0 Å². The molecule has 0 aliphatic carbocycles. The number of ketones is 1. The Hall–Kier alpha value is -2.36. The molecule has 4 heteroatoms. The fourth-order valence-corrected chi connectivity index (χ4v) is 2.69. The number of carbonyl (C=O) groups is 1. The van der Waals surface area contributed by atoms with E-state index in [1.807, 2.05) is 42.1 Å². The molecule has 4 nitrogen and oxygen atoms in total. The second-order valence-corrected chi connectivity index (χ2v) is 6.94. The number of rotatable bonds is 1. The van der Waals surface area contributed by atoms with Crippen LogP contribution in [0.5, 0.6) is 5.75 Å². The average molecular weight is 310 g/mol. The quantitative estimate of drug-likeness (QED) is 0.748. The van der Waals surface area contributed by atoms with Crippen LogP contribution in [0, 0.1) is 6.92 Å². The predicted octanol–water partition coefficient (Wildman–Crippen LogP) is 4.00. The highest BCUT2D eigenvalue weighted by Crippen LogP contribution is 2.30. The van der Waals surface area contributed by atoms with Gasteiger partial charge < -0.3 is 4.74 Å². The first-order valence-corrected chi connectivity index (χ1v) is 7.89. The molecule has 0 fully saturated rings. The maximum Gasteiger partial charge on any atom is 0.192 e. The van der Waals surface area contributed by atoms with Crippen molar-refractivity contribution in [1.29, 1.82) is 0 Å². The highest BCUT2D eigenvalue weighted by atomic mass is 16.5. The van der Waals surface area contributed by atoms with Gasteiger partial charge >= 0.3 is 0 Å². The normalized spacial score (nSPS) is 16.9. The van der Waals surface area contributed by atoms with Gasteiger partial charge in [-0.2, -0.15) is 5.10 Å². The highest BCUT2D eigenvalue weighted by Gasteiger charge is 2.22. The molecule has 120 valence electrons. The molecule has 3 rings (SSSR count). The van der Waals surface area contributed by atoms with E-state index in [0.29, 0.717) is 24.3 Å². The van der Waals surface area contributed by atoms with E-state index in [1.54, 1.807) is 6.20 Å². The van der Waals surface area contributed by atoms with Gasteiger partial charge in [0.05, 0.1) is 23.9 Å². The topological polar surface area (TPSA) is 44.1 Å². The Kier molecular flexibility index (Phi) is 3.84. The van der Waals surface area contributed by atoms with E-state index in [4.69, 9.17) is 4.74 Å². The molecule has 0 bridgehead atoms. The smallest absolute Gasteiger partial charge is 0.192 e. The summed E-state index contributed by atoms with van der Waals surface area (Å²) in [7, 11) is 0. The van der Waals surface area contributed by atoms with Crippen molar-refractivity contribution in [2.45, 2.75) is 39.7 Å². The first-order chi connectivity index (χ1) is 10.9. The molecule has 1 aromatic carbocycles.